The molecule has 5 unspecified atom stereocenters. The van der Waals surface area contributed by atoms with Gasteiger partial charge in [0.2, 0.25) is 11.8 Å². The van der Waals surface area contributed by atoms with Crippen LogP contribution in [-0.4, -0.2) is 100 Å². The molecule has 0 spiro atoms. The summed E-state index contributed by atoms with van der Waals surface area (Å²) in [6.45, 7) is 2.98. The maximum Gasteiger partial charge on any atom is 0.410 e. The lowest BCUT2D eigenvalue weighted by Gasteiger charge is -2.36. The monoisotopic (exact) mass is 795 g/mol. The standard InChI is InChI=1S/C44H50FN5O8/c1-27(48(3)43(54)56-25-29-13-7-4-8-14-29)41(52)47-38(31-17-11-6-12-18-31)42(53)49-24-37(58-28(2)51)40-39(49)35(34-22-46-36-21-32(45)19-20-33(34)36)23-50(40)44(55)57-26-30-15-9-5-10-16-30/h4-5,7-10,13-16,19-22,27,31,35,37-40,46H,6,11-12,17-18,23-26H2,1-3H3,(H,47,52)/t27?,35-,37?,38?,39?,40?/m0/s1. The summed E-state index contributed by atoms with van der Waals surface area (Å²) in [5.41, 5.74) is 2.90. The molecule has 6 atom stereocenters. The molecule has 13 nitrogen and oxygen atoms in total. The quantitative estimate of drug-likeness (QED) is 0.133. The molecule has 14 heteroatoms. The predicted octanol–water partition coefficient (Wildman–Crippen LogP) is 6.28. The second-order valence-corrected chi connectivity index (χ2v) is 15.6. The number of ether oxygens (including phenoxy) is 3. The first-order chi connectivity index (χ1) is 28.0. The third-order valence-corrected chi connectivity index (χ3v) is 11.9. The minimum absolute atomic E-state index is 0.00762. The number of likely N-dealkylation sites (N-methyl/N-ethyl adjacent to an activating group) is 1. The van der Waals surface area contributed by atoms with E-state index in [1.165, 1.54) is 35.9 Å². The van der Waals surface area contributed by atoms with E-state index in [4.69, 9.17) is 14.2 Å². The van der Waals surface area contributed by atoms with Crippen LogP contribution in [0.25, 0.3) is 10.9 Å². The van der Waals surface area contributed by atoms with Gasteiger partial charge in [-0.05, 0) is 60.6 Å². The Kier molecular flexibility index (Phi) is 12.3. The van der Waals surface area contributed by atoms with Gasteiger partial charge in [-0.25, -0.2) is 14.0 Å². The fraction of sp³-hybridized carbons (Fsp3) is 0.432. The summed E-state index contributed by atoms with van der Waals surface area (Å²) in [5.74, 6) is -2.61. The van der Waals surface area contributed by atoms with Crippen LogP contribution in [-0.2, 0) is 41.8 Å². The van der Waals surface area contributed by atoms with Crippen LogP contribution in [0.3, 0.4) is 0 Å². The Bertz CT molecular complexity index is 2110. The number of aromatic amines is 1. The second-order valence-electron chi connectivity index (χ2n) is 15.6. The lowest BCUT2D eigenvalue weighted by molar-refractivity contribution is -0.148. The maximum absolute atomic E-state index is 15.2. The fourth-order valence-corrected chi connectivity index (χ4v) is 8.83. The average molecular weight is 796 g/mol. The number of hydrogen-bond donors (Lipinski definition) is 2. The van der Waals surface area contributed by atoms with Crippen LogP contribution >= 0.6 is 0 Å². The van der Waals surface area contributed by atoms with E-state index in [-0.39, 0.29) is 38.1 Å². The highest BCUT2D eigenvalue weighted by atomic mass is 19.1. The normalized spacial score (nSPS) is 21.5. The molecule has 2 aliphatic heterocycles. The maximum atomic E-state index is 15.2. The van der Waals surface area contributed by atoms with Crippen molar-refractivity contribution >= 4 is 40.9 Å². The van der Waals surface area contributed by atoms with Crippen molar-refractivity contribution in [3.63, 3.8) is 0 Å². The molecule has 3 heterocycles. The average Bonchev–Trinajstić information content (AvgIpc) is 3.94. The number of amides is 4. The predicted molar refractivity (Wildman–Crippen MR) is 212 cm³/mol. The molecule has 1 saturated carbocycles. The van der Waals surface area contributed by atoms with Crippen molar-refractivity contribution in [3.05, 3.63) is 108 Å². The van der Waals surface area contributed by atoms with Gasteiger partial charge in [-0.1, -0.05) is 79.9 Å². The number of fused-ring (bicyclic) bond motifs is 2. The number of esters is 1. The molecule has 58 heavy (non-hydrogen) atoms. The van der Waals surface area contributed by atoms with Crippen LogP contribution in [0.4, 0.5) is 14.0 Å². The molecule has 0 bridgehead atoms. The van der Waals surface area contributed by atoms with E-state index < -0.39 is 66.1 Å². The third-order valence-electron chi connectivity index (χ3n) is 11.9. The number of aromatic nitrogens is 1. The molecule has 4 amide bonds. The van der Waals surface area contributed by atoms with Crippen LogP contribution in [0.5, 0.6) is 0 Å². The van der Waals surface area contributed by atoms with E-state index in [0.29, 0.717) is 18.4 Å². The third kappa shape index (κ3) is 8.65. The smallest absolute Gasteiger partial charge is 0.410 e. The Labute approximate surface area is 336 Å². The molecular weight excluding hydrogens is 746 g/mol. The Morgan fingerprint density at radius 1 is 0.862 bits per heavy atom. The second kappa shape index (κ2) is 17.7. The highest BCUT2D eigenvalue weighted by Crippen LogP contribution is 2.45. The Balaban J connectivity index is 1.19. The van der Waals surface area contributed by atoms with Gasteiger partial charge in [0.15, 0.2) is 0 Å². The SMILES string of the molecule is CC(=O)OC1CN(C(=O)C(NC(=O)C(C)N(C)C(=O)OCc2ccccc2)C2CCCCC2)C2C1N(C(=O)OCc1ccccc1)C[C@H]2c1c[nH]c2cc(F)ccc12. The van der Waals surface area contributed by atoms with Crippen molar-refractivity contribution in [1.29, 1.82) is 0 Å². The first kappa shape index (κ1) is 40.3. The molecule has 4 aromatic rings. The zero-order chi connectivity index (χ0) is 40.9. The van der Waals surface area contributed by atoms with E-state index in [9.17, 15) is 23.6 Å². The summed E-state index contributed by atoms with van der Waals surface area (Å²) in [4.78, 5) is 76.5. The van der Waals surface area contributed by atoms with Crippen LogP contribution < -0.4 is 5.32 Å². The van der Waals surface area contributed by atoms with Gasteiger partial charge in [0.25, 0.3) is 0 Å². The molecule has 3 fully saturated rings. The number of likely N-dealkylation sites (tertiary alicyclic amines) is 2. The van der Waals surface area contributed by atoms with Crippen LogP contribution in [0, 0.1) is 11.7 Å². The zero-order valence-electron chi connectivity index (χ0n) is 33.0. The molecule has 7 rings (SSSR count). The van der Waals surface area contributed by atoms with Crippen molar-refractivity contribution in [2.75, 3.05) is 20.1 Å². The lowest BCUT2D eigenvalue weighted by atomic mass is 9.82. The van der Waals surface area contributed by atoms with E-state index >= 15 is 4.79 Å². The summed E-state index contributed by atoms with van der Waals surface area (Å²) in [7, 11) is 1.48. The molecular formula is C44H50FN5O8. The summed E-state index contributed by atoms with van der Waals surface area (Å²) >= 11 is 0. The van der Waals surface area contributed by atoms with Crippen molar-refractivity contribution in [2.24, 2.45) is 5.92 Å². The van der Waals surface area contributed by atoms with Crippen molar-refractivity contribution < 1.29 is 42.6 Å². The van der Waals surface area contributed by atoms with Crippen LogP contribution in [0.1, 0.15) is 68.6 Å². The van der Waals surface area contributed by atoms with Crippen LogP contribution in [0.2, 0.25) is 0 Å². The number of nitrogens with one attached hydrogen (secondary N) is 2. The minimum atomic E-state index is -0.983. The highest BCUT2D eigenvalue weighted by molar-refractivity contribution is 5.92. The molecule has 2 N–H and O–H groups in total. The number of hydrogen-bond acceptors (Lipinski definition) is 8. The fourth-order valence-electron chi connectivity index (χ4n) is 8.83. The summed E-state index contributed by atoms with van der Waals surface area (Å²) in [6.07, 6.45) is 3.69. The number of H-pyrrole nitrogens is 1. The lowest BCUT2D eigenvalue weighted by Crippen LogP contribution is -2.58. The summed E-state index contributed by atoms with van der Waals surface area (Å²) in [6, 6.07) is 19.4. The van der Waals surface area contributed by atoms with Crippen molar-refractivity contribution in [2.45, 2.75) is 95.4 Å². The molecule has 306 valence electrons. The van der Waals surface area contributed by atoms with Gasteiger partial charge in [0, 0.05) is 43.5 Å². The van der Waals surface area contributed by atoms with Gasteiger partial charge in [0.05, 0.1) is 18.6 Å². The first-order valence-electron chi connectivity index (χ1n) is 20.0. The van der Waals surface area contributed by atoms with E-state index in [2.05, 4.69) is 10.3 Å². The summed E-state index contributed by atoms with van der Waals surface area (Å²) in [5, 5.41) is 3.75. The van der Waals surface area contributed by atoms with E-state index in [0.717, 1.165) is 41.3 Å². The Morgan fingerprint density at radius 3 is 2.17 bits per heavy atom. The molecule has 1 aliphatic carbocycles. The topological polar surface area (TPSA) is 151 Å². The van der Waals surface area contributed by atoms with Gasteiger partial charge >= 0.3 is 18.2 Å². The van der Waals surface area contributed by atoms with E-state index in [1.807, 2.05) is 60.7 Å². The van der Waals surface area contributed by atoms with Crippen molar-refractivity contribution in [1.82, 2.24) is 25.0 Å². The molecule has 3 aromatic carbocycles. The van der Waals surface area contributed by atoms with Gasteiger partial charge in [0.1, 0.15) is 37.2 Å². The largest absolute Gasteiger partial charge is 0.458 e. The van der Waals surface area contributed by atoms with Gasteiger partial charge < -0.3 is 29.4 Å². The number of rotatable bonds is 11. The molecule has 2 saturated heterocycles. The summed E-state index contributed by atoms with van der Waals surface area (Å²) < 4.78 is 31.5. The Hall–Kier alpha value is -5.92. The minimum Gasteiger partial charge on any atom is -0.458 e. The molecule has 0 radical (unpaired) electrons. The number of carbonyl (C=O) groups excluding carboxylic acids is 5. The van der Waals surface area contributed by atoms with Gasteiger partial charge in [-0.2, -0.15) is 0 Å². The molecule has 1 aromatic heterocycles. The van der Waals surface area contributed by atoms with Gasteiger partial charge in [-0.3, -0.25) is 24.2 Å². The molecule has 3 aliphatic rings. The van der Waals surface area contributed by atoms with Gasteiger partial charge in [-0.15, -0.1) is 0 Å². The number of nitrogens with zero attached hydrogens (tertiary/aromatic N) is 3. The Morgan fingerprint density at radius 2 is 1.52 bits per heavy atom. The zero-order valence-corrected chi connectivity index (χ0v) is 33.0. The van der Waals surface area contributed by atoms with Crippen LogP contribution in [0.15, 0.2) is 85.1 Å². The van der Waals surface area contributed by atoms with Crippen molar-refractivity contribution in [3.8, 4) is 0 Å². The number of carbonyl (C=O) groups is 5. The van der Waals surface area contributed by atoms with E-state index in [1.54, 1.807) is 24.1 Å². The highest BCUT2D eigenvalue weighted by Gasteiger charge is 2.59. The first-order valence-corrected chi connectivity index (χ1v) is 20.0. The number of benzene rings is 3. The number of halogens is 1.